The number of hydrogen-bond acceptors (Lipinski definition) is 6. The van der Waals surface area contributed by atoms with Gasteiger partial charge in [-0.05, 0) is 53.6 Å². The second-order valence-electron chi connectivity index (χ2n) is 8.65. The number of fused-ring (bicyclic) bond motifs is 3. The van der Waals surface area contributed by atoms with Crippen LogP contribution in [0.1, 0.15) is 27.4 Å². The normalized spacial score (nSPS) is 21.3. The van der Waals surface area contributed by atoms with Crippen molar-refractivity contribution in [2.24, 2.45) is 5.41 Å². The first-order valence-electron chi connectivity index (χ1n) is 11.3. The van der Waals surface area contributed by atoms with Crippen molar-refractivity contribution in [2.45, 2.75) is 18.0 Å². The van der Waals surface area contributed by atoms with Crippen molar-refractivity contribution in [3.63, 3.8) is 0 Å². The highest BCUT2D eigenvalue weighted by Gasteiger charge is 2.63. The van der Waals surface area contributed by atoms with Crippen molar-refractivity contribution in [1.82, 2.24) is 0 Å². The third kappa shape index (κ3) is 3.34. The van der Waals surface area contributed by atoms with Crippen LogP contribution in [-0.4, -0.2) is 32.1 Å². The number of para-hydroxylation sites is 1. The van der Waals surface area contributed by atoms with E-state index in [0.717, 1.165) is 16.8 Å². The molecule has 0 aliphatic carbocycles. The molecular weight excluding hydrogens is 438 g/mol. The molecule has 2 heterocycles. The van der Waals surface area contributed by atoms with Crippen LogP contribution in [0.25, 0.3) is 6.08 Å². The quantitative estimate of drug-likeness (QED) is 0.498. The number of nitrogens with zero attached hydrogens (tertiary/aromatic N) is 3. The fourth-order valence-corrected chi connectivity index (χ4v) is 5.35. The SMILES string of the molecule is COc1ccc(C(=O)C2C(c3ccc(OC)cc3)C(C#N)(C#N)C3C=Cc4ccccc4N23)cc1. The number of methoxy groups -OCH3 is 2. The summed E-state index contributed by atoms with van der Waals surface area (Å²) in [6.07, 6.45) is 3.82. The Labute approximate surface area is 204 Å². The second kappa shape index (κ2) is 8.66. The van der Waals surface area contributed by atoms with Crippen molar-refractivity contribution >= 4 is 17.5 Å². The van der Waals surface area contributed by atoms with E-state index in [9.17, 15) is 15.3 Å². The summed E-state index contributed by atoms with van der Waals surface area (Å²) in [7, 11) is 3.15. The summed E-state index contributed by atoms with van der Waals surface area (Å²) >= 11 is 0. The topological polar surface area (TPSA) is 86.3 Å². The zero-order valence-electron chi connectivity index (χ0n) is 19.4. The molecule has 6 nitrogen and oxygen atoms in total. The molecule has 6 heteroatoms. The Morgan fingerprint density at radius 2 is 1.49 bits per heavy atom. The van der Waals surface area contributed by atoms with E-state index in [2.05, 4.69) is 12.1 Å². The molecule has 35 heavy (non-hydrogen) atoms. The molecular formula is C29H23N3O3. The molecule has 0 aromatic heterocycles. The van der Waals surface area contributed by atoms with Crippen LogP contribution in [0.2, 0.25) is 0 Å². The summed E-state index contributed by atoms with van der Waals surface area (Å²) in [5.41, 5.74) is 1.52. The third-order valence-electron chi connectivity index (χ3n) is 7.03. The van der Waals surface area contributed by atoms with Gasteiger partial charge < -0.3 is 14.4 Å². The summed E-state index contributed by atoms with van der Waals surface area (Å²) in [6.45, 7) is 0. The number of nitriles is 2. The lowest BCUT2D eigenvalue weighted by molar-refractivity contribution is 0.0951. The number of ketones is 1. The Bertz CT molecular complexity index is 1370. The number of rotatable bonds is 5. The Kier molecular flexibility index (Phi) is 5.51. The van der Waals surface area contributed by atoms with Crippen LogP contribution < -0.4 is 14.4 Å². The van der Waals surface area contributed by atoms with Gasteiger partial charge in [0, 0.05) is 17.2 Å². The average Bonchev–Trinajstić information content (AvgIpc) is 3.23. The Hall–Kier alpha value is -4.55. The zero-order valence-corrected chi connectivity index (χ0v) is 19.4. The Morgan fingerprint density at radius 1 is 0.886 bits per heavy atom. The fourth-order valence-electron chi connectivity index (χ4n) is 5.35. The van der Waals surface area contributed by atoms with E-state index in [4.69, 9.17) is 9.47 Å². The summed E-state index contributed by atoms with van der Waals surface area (Å²) in [5, 5.41) is 21.0. The largest absolute Gasteiger partial charge is 0.497 e. The van der Waals surface area contributed by atoms with Gasteiger partial charge in [0.05, 0.1) is 32.4 Å². The van der Waals surface area contributed by atoms with Crippen LogP contribution in [0.5, 0.6) is 11.5 Å². The summed E-state index contributed by atoms with van der Waals surface area (Å²) in [4.78, 5) is 16.1. The van der Waals surface area contributed by atoms with Crippen molar-refractivity contribution in [3.05, 3.63) is 95.6 Å². The average molecular weight is 462 g/mol. The maximum absolute atomic E-state index is 14.2. The number of benzene rings is 3. The van der Waals surface area contributed by atoms with Crippen molar-refractivity contribution < 1.29 is 14.3 Å². The minimum absolute atomic E-state index is 0.157. The van der Waals surface area contributed by atoms with Crippen LogP contribution in [0.3, 0.4) is 0 Å². The lowest BCUT2D eigenvalue weighted by atomic mass is 9.69. The number of Topliss-reactive ketones (excluding diaryl/α,β-unsaturated/α-hetero) is 1. The fraction of sp³-hybridized carbons (Fsp3) is 0.207. The van der Waals surface area contributed by atoms with Crippen LogP contribution in [-0.2, 0) is 0 Å². The van der Waals surface area contributed by atoms with Gasteiger partial charge in [0.25, 0.3) is 0 Å². The monoisotopic (exact) mass is 461 g/mol. The maximum Gasteiger partial charge on any atom is 0.185 e. The lowest BCUT2D eigenvalue weighted by Gasteiger charge is -2.35. The highest BCUT2D eigenvalue weighted by molar-refractivity contribution is 6.04. The Morgan fingerprint density at radius 3 is 2.09 bits per heavy atom. The predicted molar refractivity (Wildman–Crippen MR) is 132 cm³/mol. The summed E-state index contributed by atoms with van der Waals surface area (Å²) < 4.78 is 10.6. The highest BCUT2D eigenvalue weighted by Crippen LogP contribution is 2.55. The maximum atomic E-state index is 14.2. The van der Waals surface area contributed by atoms with Crippen molar-refractivity contribution in [2.75, 3.05) is 19.1 Å². The van der Waals surface area contributed by atoms with Crippen molar-refractivity contribution in [3.8, 4) is 23.6 Å². The molecule has 3 aromatic rings. The van der Waals surface area contributed by atoms with Crippen molar-refractivity contribution in [1.29, 1.82) is 10.5 Å². The molecule has 0 saturated carbocycles. The molecule has 0 N–H and O–H groups in total. The molecule has 1 saturated heterocycles. The first kappa shape index (κ1) is 22.3. The van der Waals surface area contributed by atoms with Crippen LogP contribution in [0.15, 0.2) is 78.9 Å². The number of carbonyl (C=O) groups is 1. The van der Waals surface area contributed by atoms with E-state index in [1.807, 2.05) is 53.5 Å². The minimum atomic E-state index is -1.48. The number of anilines is 1. The number of carbonyl (C=O) groups excluding carboxylic acids is 1. The highest BCUT2D eigenvalue weighted by atomic mass is 16.5. The standard InChI is InChI=1S/C29H23N3O3/c1-34-22-12-7-20(8-13-22)26-27(28(33)21-9-14-23(35-2)15-10-21)32-24-6-4-3-5-19(24)11-16-25(32)29(26,17-30)18-31/h3-16,25-27H,1-2H3. The first-order valence-corrected chi connectivity index (χ1v) is 11.3. The van der Waals surface area contributed by atoms with Crippen LogP contribution in [0.4, 0.5) is 5.69 Å². The smallest absolute Gasteiger partial charge is 0.185 e. The van der Waals surface area contributed by atoms with Gasteiger partial charge in [-0.15, -0.1) is 0 Å². The molecule has 3 aromatic carbocycles. The summed E-state index contributed by atoms with van der Waals surface area (Å²) in [6, 6.07) is 25.3. The van der Waals surface area contributed by atoms with E-state index in [1.54, 1.807) is 50.6 Å². The molecule has 2 aliphatic rings. The molecule has 0 radical (unpaired) electrons. The predicted octanol–water partition coefficient (Wildman–Crippen LogP) is 4.99. The Balaban J connectivity index is 1.74. The van der Waals surface area contributed by atoms with E-state index in [1.165, 1.54) is 0 Å². The van der Waals surface area contributed by atoms with Gasteiger partial charge in [-0.1, -0.05) is 42.5 Å². The van der Waals surface area contributed by atoms with Crippen LogP contribution >= 0.6 is 0 Å². The van der Waals surface area contributed by atoms with Gasteiger partial charge in [-0.25, -0.2) is 0 Å². The molecule has 3 unspecified atom stereocenters. The van der Waals surface area contributed by atoms with Gasteiger partial charge in [-0.3, -0.25) is 4.79 Å². The molecule has 2 aliphatic heterocycles. The van der Waals surface area contributed by atoms with Gasteiger partial charge in [0.1, 0.15) is 17.5 Å². The molecule has 0 amide bonds. The lowest BCUT2D eigenvalue weighted by Crippen LogP contribution is -2.44. The van der Waals surface area contributed by atoms with E-state index in [-0.39, 0.29) is 5.78 Å². The second-order valence-corrected chi connectivity index (χ2v) is 8.65. The minimum Gasteiger partial charge on any atom is -0.497 e. The van der Waals surface area contributed by atoms with E-state index < -0.39 is 23.4 Å². The first-order chi connectivity index (χ1) is 17.1. The number of ether oxygens (including phenoxy) is 2. The van der Waals surface area contributed by atoms with Gasteiger partial charge in [0.15, 0.2) is 11.2 Å². The summed E-state index contributed by atoms with van der Waals surface area (Å²) in [5.74, 6) is 0.453. The molecule has 3 atom stereocenters. The molecule has 172 valence electrons. The number of hydrogen-bond donors (Lipinski definition) is 0. The third-order valence-corrected chi connectivity index (χ3v) is 7.03. The zero-order chi connectivity index (χ0) is 24.6. The van der Waals surface area contributed by atoms with E-state index in [0.29, 0.717) is 17.1 Å². The molecule has 5 rings (SSSR count). The van der Waals surface area contributed by atoms with Gasteiger partial charge >= 0.3 is 0 Å². The van der Waals surface area contributed by atoms with Gasteiger partial charge in [-0.2, -0.15) is 10.5 Å². The molecule has 1 fully saturated rings. The van der Waals surface area contributed by atoms with E-state index >= 15 is 0 Å². The molecule has 0 spiro atoms. The molecule has 0 bridgehead atoms. The van der Waals surface area contributed by atoms with Gasteiger partial charge in [0.2, 0.25) is 0 Å². The van der Waals surface area contributed by atoms with Crippen LogP contribution in [0, 0.1) is 28.1 Å².